The first kappa shape index (κ1) is 38.4. The summed E-state index contributed by atoms with van der Waals surface area (Å²) in [6.07, 6.45) is 3.44. The highest BCUT2D eigenvalue weighted by Gasteiger charge is 2.22. The number of anilines is 1. The molecule has 0 aromatic heterocycles. The molecule has 0 saturated carbocycles. The van der Waals surface area contributed by atoms with Gasteiger partial charge in [0.05, 0.1) is 18.0 Å². The van der Waals surface area contributed by atoms with Crippen LogP contribution in [0, 0.1) is 0 Å². The van der Waals surface area contributed by atoms with Crippen LogP contribution in [0.25, 0.3) is 10.8 Å². The Morgan fingerprint density at radius 2 is 1.50 bits per heavy atom. The van der Waals surface area contributed by atoms with Gasteiger partial charge in [-0.15, -0.1) is 0 Å². The van der Waals surface area contributed by atoms with Crippen LogP contribution in [0.1, 0.15) is 51.9 Å². The summed E-state index contributed by atoms with van der Waals surface area (Å²) in [4.78, 5) is 51.3. The maximum atomic E-state index is 13.1. The molecule has 14 nitrogen and oxygen atoms in total. The zero-order chi connectivity index (χ0) is 34.1. The van der Waals surface area contributed by atoms with Gasteiger partial charge in [-0.25, -0.2) is 13.1 Å². The van der Waals surface area contributed by atoms with E-state index in [9.17, 15) is 27.6 Å². The van der Waals surface area contributed by atoms with Gasteiger partial charge in [0.2, 0.25) is 33.7 Å². The number of sulfonamides is 1. The standard InChI is InChI=1S/C31H50N8O6S/c1-22(10-4-5-17-32)37-30(42)21-35-31(43)25(38-29(41)20-33)15-16-28(40)34-18-6-7-19-36-46(44,45)27-14-9-11-23-24(27)12-8-13-26(23)39(2)3/h8-9,11-14,22,25,36H,4-7,10,15-21,32-33H2,1-3H3,(H,34,40)(H,35,43)(H,37,42)(H,38,41). The number of nitrogens with two attached hydrogens (primary N) is 2. The number of nitrogens with zero attached hydrogens (tertiary/aromatic N) is 1. The minimum atomic E-state index is -3.76. The number of benzene rings is 2. The van der Waals surface area contributed by atoms with Gasteiger partial charge in [0.1, 0.15) is 6.04 Å². The molecule has 4 amide bonds. The topological polar surface area (TPSA) is 218 Å². The highest BCUT2D eigenvalue weighted by atomic mass is 32.2. The first-order valence-electron chi connectivity index (χ1n) is 15.6. The van der Waals surface area contributed by atoms with Crippen LogP contribution in [-0.4, -0.2) is 90.9 Å². The quantitative estimate of drug-likeness (QED) is 0.0898. The normalized spacial score (nSPS) is 12.6. The molecule has 256 valence electrons. The number of hydrogen-bond acceptors (Lipinski definition) is 9. The lowest BCUT2D eigenvalue weighted by molar-refractivity contribution is -0.130. The third-order valence-electron chi connectivity index (χ3n) is 7.27. The summed E-state index contributed by atoms with van der Waals surface area (Å²) in [5, 5.41) is 12.0. The van der Waals surface area contributed by atoms with Gasteiger partial charge in [0.15, 0.2) is 0 Å². The van der Waals surface area contributed by atoms with Crippen molar-refractivity contribution in [3.05, 3.63) is 36.4 Å². The Labute approximate surface area is 271 Å². The molecule has 2 aromatic rings. The largest absolute Gasteiger partial charge is 0.377 e. The van der Waals surface area contributed by atoms with E-state index in [-0.39, 0.29) is 55.2 Å². The second kappa shape index (κ2) is 19.7. The molecule has 0 aliphatic carbocycles. The van der Waals surface area contributed by atoms with Crippen molar-refractivity contribution in [2.24, 2.45) is 11.5 Å². The maximum absolute atomic E-state index is 13.1. The molecule has 0 fully saturated rings. The van der Waals surface area contributed by atoms with Crippen molar-refractivity contribution in [2.75, 3.05) is 51.7 Å². The molecule has 2 atom stereocenters. The molecule has 0 radical (unpaired) electrons. The highest BCUT2D eigenvalue weighted by Crippen LogP contribution is 2.30. The van der Waals surface area contributed by atoms with Crippen LogP contribution in [0.3, 0.4) is 0 Å². The Morgan fingerprint density at radius 3 is 2.20 bits per heavy atom. The summed E-state index contributed by atoms with van der Waals surface area (Å²) in [5.74, 6) is -1.87. The molecular formula is C31H50N8O6S. The lowest BCUT2D eigenvalue weighted by Gasteiger charge is -2.19. The zero-order valence-corrected chi connectivity index (χ0v) is 27.9. The predicted molar refractivity (Wildman–Crippen MR) is 179 cm³/mol. The molecule has 9 N–H and O–H groups in total. The number of unbranched alkanes of at least 4 members (excludes halogenated alkanes) is 2. The number of nitrogens with one attached hydrogen (secondary N) is 5. The van der Waals surface area contributed by atoms with E-state index in [4.69, 9.17) is 11.5 Å². The Bertz CT molecular complexity index is 1420. The fourth-order valence-electron chi connectivity index (χ4n) is 4.82. The second-order valence-corrected chi connectivity index (χ2v) is 13.0. The van der Waals surface area contributed by atoms with Crippen LogP contribution >= 0.6 is 0 Å². The summed E-state index contributed by atoms with van der Waals surface area (Å²) < 4.78 is 28.8. The van der Waals surface area contributed by atoms with Crippen LogP contribution in [-0.2, 0) is 29.2 Å². The monoisotopic (exact) mass is 662 g/mol. The molecule has 0 aliphatic rings. The van der Waals surface area contributed by atoms with E-state index >= 15 is 0 Å². The van der Waals surface area contributed by atoms with Crippen LogP contribution in [0.15, 0.2) is 41.3 Å². The number of carbonyl (C=O) groups is 4. The van der Waals surface area contributed by atoms with Gasteiger partial charge >= 0.3 is 0 Å². The predicted octanol–water partition coefficient (Wildman–Crippen LogP) is 0.0541. The number of rotatable bonds is 21. The number of amides is 4. The number of fused-ring (bicyclic) bond motifs is 1. The van der Waals surface area contributed by atoms with E-state index in [0.717, 1.165) is 30.3 Å². The van der Waals surface area contributed by atoms with Gasteiger partial charge < -0.3 is 37.6 Å². The van der Waals surface area contributed by atoms with Crippen molar-refractivity contribution >= 4 is 50.1 Å². The van der Waals surface area contributed by atoms with Gasteiger partial charge in [-0.3, -0.25) is 19.2 Å². The number of carbonyl (C=O) groups excluding carboxylic acids is 4. The molecule has 0 heterocycles. The van der Waals surface area contributed by atoms with Gasteiger partial charge in [-0.05, 0) is 57.7 Å². The summed E-state index contributed by atoms with van der Waals surface area (Å²) in [6.45, 7) is 2.33. The maximum Gasteiger partial charge on any atom is 0.243 e. The molecular weight excluding hydrogens is 612 g/mol. The molecule has 0 aliphatic heterocycles. The lowest BCUT2D eigenvalue weighted by atomic mass is 10.1. The molecule has 15 heteroatoms. The Hall–Kier alpha value is -3.79. The smallest absolute Gasteiger partial charge is 0.243 e. The van der Waals surface area contributed by atoms with E-state index in [1.165, 1.54) is 0 Å². The molecule has 0 saturated heterocycles. The summed E-state index contributed by atoms with van der Waals surface area (Å²) in [7, 11) is 0.0451. The minimum Gasteiger partial charge on any atom is -0.377 e. The van der Waals surface area contributed by atoms with E-state index < -0.39 is 27.9 Å². The van der Waals surface area contributed by atoms with Gasteiger partial charge in [0.25, 0.3) is 0 Å². The van der Waals surface area contributed by atoms with E-state index in [1.807, 2.05) is 44.1 Å². The minimum absolute atomic E-state index is 0.000878. The van der Waals surface area contributed by atoms with Crippen molar-refractivity contribution in [3.8, 4) is 0 Å². The zero-order valence-electron chi connectivity index (χ0n) is 27.1. The molecule has 46 heavy (non-hydrogen) atoms. The Balaban J connectivity index is 1.77. The van der Waals surface area contributed by atoms with Crippen molar-refractivity contribution in [3.63, 3.8) is 0 Å². The first-order chi connectivity index (χ1) is 21.9. The molecule has 2 unspecified atom stereocenters. The molecule has 0 bridgehead atoms. The fraction of sp³-hybridized carbons (Fsp3) is 0.548. The van der Waals surface area contributed by atoms with Gasteiger partial charge in [0, 0.05) is 56.1 Å². The van der Waals surface area contributed by atoms with Gasteiger partial charge in [-0.2, -0.15) is 0 Å². The average molecular weight is 663 g/mol. The SMILES string of the molecule is CC(CCCCN)NC(=O)CNC(=O)C(CCC(=O)NCCCCNS(=O)(=O)c1cccc2c(N(C)C)cccc12)NC(=O)CN. The van der Waals surface area contributed by atoms with E-state index in [2.05, 4.69) is 26.0 Å². The summed E-state index contributed by atoms with van der Waals surface area (Å²) in [5.41, 5.74) is 11.8. The van der Waals surface area contributed by atoms with E-state index in [0.29, 0.717) is 31.3 Å². The average Bonchev–Trinajstić information content (AvgIpc) is 3.02. The van der Waals surface area contributed by atoms with Crippen molar-refractivity contribution in [2.45, 2.75) is 68.8 Å². The highest BCUT2D eigenvalue weighted by molar-refractivity contribution is 7.89. The van der Waals surface area contributed by atoms with E-state index in [1.54, 1.807) is 18.2 Å². The second-order valence-electron chi connectivity index (χ2n) is 11.3. The van der Waals surface area contributed by atoms with Crippen LogP contribution in [0.2, 0.25) is 0 Å². The van der Waals surface area contributed by atoms with Crippen LogP contribution in [0.5, 0.6) is 0 Å². The van der Waals surface area contributed by atoms with Gasteiger partial charge in [-0.1, -0.05) is 30.7 Å². The van der Waals surface area contributed by atoms with Crippen LogP contribution in [0.4, 0.5) is 5.69 Å². The lowest BCUT2D eigenvalue weighted by Crippen LogP contribution is -2.51. The Morgan fingerprint density at radius 1 is 0.804 bits per heavy atom. The molecule has 2 rings (SSSR count). The number of hydrogen-bond donors (Lipinski definition) is 7. The summed E-state index contributed by atoms with van der Waals surface area (Å²) >= 11 is 0. The molecule has 2 aromatic carbocycles. The van der Waals surface area contributed by atoms with Crippen LogP contribution < -0.4 is 42.4 Å². The first-order valence-corrected chi connectivity index (χ1v) is 17.1. The van der Waals surface area contributed by atoms with Crippen molar-refractivity contribution in [1.29, 1.82) is 0 Å². The summed E-state index contributed by atoms with van der Waals surface area (Å²) in [6, 6.07) is 9.61. The third-order valence-corrected chi connectivity index (χ3v) is 8.79. The fourth-order valence-corrected chi connectivity index (χ4v) is 6.11. The molecule has 0 spiro atoms. The Kier molecular flexibility index (Phi) is 16.4. The third kappa shape index (κ3) is 12.9. The van der Waals surface area contributed by atoms with Crippen molar-refractivity contribution < 1.29 is 27.6 Å². The van der Waals surface area contributed by atoms with Crippen molar-refractivity contribution in [1.82, 2.24) is 26.0 Å².